The number of aromatic nitrogens is 2. The Bertz CT molecular complexity index is 814. The van der Waals surface area contributed by atoms with Crippen LogP contribution in [0.2, 0.25) is 0 Å². The summed E-state index contributed by atoms with van der Waals surface area (Å²) >= 11 is 0. The number of aliphatic hydroxyl groups excluding tert-OH is 1. The molecule has 3 aromatic rings. The standard InChI is InChI=1S/C19H21N3O2/c1-14(18(23)11-15-7-3-2-4-8-15)21-19(24)13-22-17-10-6-5-9-16(17)12-20-22/h2-10,12,14,18,23H,11,13H2,1H3,(H,21,24). The van der Waals surface area contributed by atoms with E-state index in [0.29, 0.717) is 6.42 Å². The lowest BCUT2D eigenvalue weighted by molar-refractivity contribution is -0.123. The monoisotopic (exact) mass is 323 g/mol. The van der Waals surface area contributed by atoms with Gasteiger partial charge in [-0.2, -0.15) is 5.10 Å². The molecule has 0 aliphatic heterocycles. The normalized spacial score (nSPS) is 13.6. The molecule has 1 amide bonds. The molecule has 1 heterocycles. The first-order valence-electron chi connectivity index (χ1n) is 8.05. The molecule has 124 valence electrons. The summed E-state index contributed by atoms with van der Waals surface area (Å²) in [6.07, 6.45) is 1.62. The van der Waals surface area contributed by atoms with Crippen molar-refractivity contribution in [3.63, 3.8) is 0 Å². The molecule has 2 aromatic carbocycles. The van der Waals surface area contributed by atoms with E-state index in [0.717, 1.165) is 16.5 Å². The molecule has 0 fully saturated rings. The number of carbonyl (C=O) groups is 1. The lowest BCUT2D eigenvalue weighted by atomic mass is 10.0. The van der Waals surface area contributed by atoms with Crippen LogP contribution >= 0.6 is 0 Å². The number of carbonyl (C=O) groups excluding carboxylic acids is 1. The lowest BCUT2D eigenvalue weighted by Crippen LogP contribution is -2.43. The van der Waals surface area contributed by atoms with Gasteiger partial charge in [0.15, 0.2) is 0 Å². The summed E-state index contributed by atoms with van der Waals surface area (Å²) in [7, 11) is 0. The third kappa shape index (κ3) is 3.81. The van der Waals surface area contributed by atoms with Crippen molar-refractivity contribution in [3.05, 3.63) is 66.4 Å². The van der Waals surface area contributed by atoms with Gasteiger partial charge in [-0.3, -0.25) is 9.48 Å². The zero-order valence-electron chi connectivity index (χ0n) is 13.6. The third-order valence-corrected chi connectivity index (χ3v) is 4.10. The third-order valence-electron chi connectivity index (χ3n) is 4.10. The van der Waals surface area contributed by atoms with Crippen LogP contribution in [0.5, 0.6) is 0 Å². The summed E-state index contributed by atoms with van der Waals surface area (Å²) < 4.78 is 1.67. The van der Waals surface area contributed by atoms with Gasteiger partial charge in [0.1, 0.15) is 6.54 Å². The number of rotatable bonds is 6. The van der Waals surface area contributed by atoms with E-state index in [1.54, 1.807) is 10.9 Å². The quantitative estimate of drug-likeness (QED) is 0.730. The number of nitrogens with zero attached hydrogens (tertiary/aromatic N) is 2. The molecular weight excluding hydrogens is 302 g/mol. The van der Waals surface area contributed by atoms with Crippen LogP contribution in [0.15, 0.2) is 60.8 Å². The van der Waals surface area contributed by atoms with Crippen LogP contribution in [0, 0.1) is 0 Å². The van der Waals surface area contributed by atoms with Gasteiger partial charge in [0.2, 0.25) is 5.91 Å². The topological polar surface area (TPSA) is 67.2 Å². The molecule has 0 radical (unpaired) electrons. The first-order valence-corrected chi connectivity index (χ1v) is 8.05. The van der Waals surface area contributed by atoms with Crippen molar-refractivity contribution in [2.24, 2.45) is 0 Å². The van der Waals surface area contributed by atoms with E-state index in [1.807, 2.05) is 61.5 Å². The molecule has 0 aliphatic carbocycles. The van der Waals surface area contributed by atoms with Crippen molar-refractivity contribution in [1.29, 1.82) is 0 Å². The first-order chi connectivity index (χ1) is 11.6. The fourth-order valence-electron chi connectivity index (χ4n) is 2.72. The minimum atomic E-state index is -0.634. The average molecular weight is 323 g/mol. The Hall–Kier alpha value is -2.66. The Balaban J connectivity index is 1.58. The van der Waals surface area contributed by atoms with Crippen molar-refractivity contribution in [2.75, 3.05) is 0 Å². The number of benzene rings is 2. The molecule has 2 atom stereocenters. The van der Waals surface area contributed by atoms with Gasteiger partial charge in [0.25, 0.3) is 0 Å². The number of fused-ring (bicyclic) bond motifs is 1. The van der Waals surface area contributed by atoms with Gasteiger partial charge in [-0.15, -0.1) is 0 Å². The molecule has 3 rings (SSSR count). The maximum Gasteiger partial charge on any atom is 0.242 e. The minimum absolute atomic E-state index is 0.135. The van der Waals surface area contributed by atoms with Gasteiger partial charge in [0, 0.05) is 11.8 Å². The molecule has 2 N–H and O–H groups in total. The number of nitrogens with one attached hydrogen (secondary N) is 1. The predicted molar refractivity (Wildman–Crippen MR) is 93.5 cm³/mol. The maximum absolute atomic E-state index is 12.2. The Labute approximate surface area is 140 Å². The van der Waals surface area contributed by atoms with E-state index in [1.165, 1.54) is 0 Å². The predicted octanol–water partition coefficient (Wildman–Crippen LogP) is 2.14. The second-order valence-electron chi connectivity index (χ2n) is 5.97. The van der Waals surface area contributed by atoms with E-state index in [9.17, 15) is 9.90 Å². The van der Waals surface area contributed by atoms with E-state index in [-0.39, 0.29) is 18.5 Å². The van der Waals surface area contributed by atoms with Gasteiger partial charge in [-0.05, 0) is 18.6 Å². The van der Waals surface area contributed by atoms with E-state index in [2.05, 4.69) is 10.4 Å². The highest BCUT2D eigenvalue weighted by atomic mass is 16.3. The van der Waals surface area contributed by atoms with Gasteiger partial charge in [-0.1, -0.05) is 48.5 Å². The highest BCUT2D eigenvalue weighted by molar-refractivity contribution is 5.82. The molecule has 2 unspecified atom stereocenters. The van der Waals surface area contributed by atoms with E-state index in [4.69, 9.17) is 0 Å². The Morgan fingerprint density at radius 1 is 1.17 bits per heavy atom. The van der Waals surface area contributed by atoms with Crippen LogP contribution in [0.4, 0.5) is 0 Å². The van der Waals surface area contributed by atoms with Gasteiger partial charge in [0.05, 0.1) is 23.9 Å². The maximum atomic E-state index is 12.2. The van der Waals surface area contributed by atoms with E-state index >= 15 is 0 Å². The average Bonchev–Trinajstić information content (AvgIpc) is 2.99. The number of hydrogen-bond acceptors (Lipinski definition) is 3. The molecule has 1 aromatic heterocycles. The highest BCUT2D eigenvalue weighted by Gasteiger charge is 2.17. The molecule has 0 saturated heterocycles. The molecule has 0 saturated carbocycles. The largest absolute Gasteiger partial charge is 0.391 e. The molecule has 5 heteroatoms. The van der Waals surface area contributed by atoms with Crippen molar-refractivity contribution >= 4 is 16.8 Å². The van der Waals surface area contributed by atoms with Crippen molar-refractivity contribution in [2.45, 2.75) is 32.0 Å². The van der Waals surface area contributed by atoms with Crippen LogP contribution in [-0.2, 0) is 17.8 Å². The SMILES string of the molecule is CC(NC(=O)Cn1ncc2ccccc21)C(O)Cc1ccccc1. The van der Waals surface area contributed by atoms with Crippen LogP contribution in [0.1, 0.15) is 12.5 Å². The molecule has 0 aliphatic rings. The van der Waals surface area contributed by atoms with Gasteiger partial charge in [-0.25, -0.2) is 0 Å². The van der Waals surface area contributed by atoms with Gasteiger partial charge >= 0.3 is 0 Å². The highest BCUT2D eigenvalue weighted by Crippen LogP contribution is 2.12. The summed E-state index contributed by atoms with van der Waals surface area (Å²) in [6, 6.07) is 17.2. The zero-order chi connectivity index (χ0) is 16.9. The fourth-order valence-corrected chi connectivity index (χ4v) is 2.72. The number of aliphatic hydroxyl groups is 1. The second-order valence-corrected chi connectivity index (χ2v) is 5.97. The fraction of sp³-hybridized carbons (Fsp3) is 0.263. The van der Waals surface area contributed by atoms with Crippen LogP contribution in [0.3, 0.4) is 0 Å². The van der Waals surface area contributed by atoms with Crippen molar-refractivity contribution in [3.8, 4) is 0 Å². The molecule has 5 nitrogen and oxygen atoms in total. The lowest BCUT2D eigenvalue weighted by Gasteiger charge is -2.20. The zero-order valence-corrected chi connectivity index (χ0v) is 13.6. The van der Waals surface area contributed by atoms with Crippen LogP contribution in [0.25, 0.3) is 10.9 Å². The molecular formula is C19H21N3O2. The number of para-hydroxylation sites is 1. The minimum Gasteiger partial charge on any atom is -0.391 e. The number of hydrogen-bond donors (Lipinski definition) is 2. The van der Waals surface area contributed by atoms with Crippen molar-refractivity contribution < 1.29 is 9.90 Å². The summed E-state index contributed by atoms with van der Waals surface area (Å²) in [5.41, 5.74) is 1.97. The Morgan fingerprint density at radius 3 is 2.67 bits per heavy atom. The molecule has 0 spiro atoms. The van der Waals surface area contributed by atoms with Gasteiger partial charge < -0.3 is 10.4 Å². The Kier molecular flexibility index (Phi) is 4.91. The summed E-state index contributed by atoms with van der Waals surface area (Å²) in [5, 5.41) is 18.4. The summed E-state index contributed by atoms with van der Waals surface area (Å²) in [4.78, 5) is 12.2. The first kappa shape index (κ1) is 16.2. The van der Waals surface area contributed by atoms with Crippen molar-refractivity contribution in [1.82, 2.24) is 15.1 Å². The second kappa shape index (κ2) is 7.27. The summed E-state index contributed by atoms with van der Waals surface area (Å²) in [5.74, 6) is -0.163. The number of amides is 1. The van der Waals surface area contributed by atoms with E-state index < -0.39 is 6.10 Å². The smallest absolute Gasteiger partial charge is 0.242 e. The summed E-state index contributed by atoms with van der Waals surface area (Å²) in [6.45, 7) is 1.95. The van der Waals surface area contributed by atoms with Crippen LogP contribution in [-0.4, -0.2) is 32.9 Å². The molecule has 0 bridgehead atoms. The molecule has 24 heavy (non-hydrogen) atoms. The Morgan fingerprint density at radius 2 is 1.88 bits per heavy atom. The van der Waals surface area contributed by atoms with Crippen LogP contribution < -0.4 is 5.32 Å².